The van der Waals surface area contributed by atoms with E-state index in [-0.39, 0.29) is 12.0 Å². The van der Waals surface area contributed by atoms with E-state index in [4.69, 9.17) is 9.47 Å². The highest BCUT2D eigenvalue weighted by Crippen LogP contribution is 2.41. The average molecular weight is 198 g/mol. The third-order valence-corrected chi connectivity index (χ3v) is 3.22. The van der Waals surface area contributed by atoms with E-state index >= 15 is 0 Å². The Bertz CT molecular complexity index is 237. The van der Waals surface area contributed by atoms with Crippen LogP contribution in [0.15, 0.2) is 11.6 Å². The SMILES string of the molecule is CCOC(C)C1=CCC2COC(O)C12. The van der Waals surface area contributed by atoms with Gasteiger partial charge in [0.1, 0.15) is 0 Å². The molecule has 0 aromatic heterocycles. The molecule has 1 aliphatic heterocycles. The summed E-state index contributed by atoms with van der Waals surface area (Å²) < 4.78 is 10.8. The number of rotatable bonds is 3. The average Bonchev–Trinajstić information content (AvgIpc) is 2.70. The second kappa shape index (κ2) is 4.01. The Morgan fingerprint density at radius 3 is 3.21 bits per heavy atom. The Labute approximate surface area is 84.7 Å². The van der Waals surface area contributed by atoms with Crippen LogP contribution in [-0.2, 0) is 9.47 Å². The topological polar surface area (TPSA) is 38.7 Å². The summed E-state index contributed by atoms with van der Waals surface area (Å²) in [6.45, 7) is 5.44. The molecule has 1 heterocycles. The first-order valence-corrected chi connectivity index (χ1v) is 5.35. The van der Waals surface area contributed by atoms with Gasteiger partial charge in [-0.15, -0.1) is 0 Å². The third kappa shape index (κ3) is 1.60. The molecule has 0 saturated carbocycles. The quantitative estimate of drug-likeness (QED) is 0.695. The zero-order chi connectivity index (χ0) is 10.1. The smallest absolute Gasteiger partial charge is 0.161 e. The van der Waals surface area contributed by atoms with Crippen molar-refractivity contribution in [2.45, 2.75) is 32.7 Å². The number of aliphatic hydroxyl groups excluding tert-OH is 1. The van der Waals surface area contributed by atoms with Crippen LogP contribution in [0.3, 0.4) is 0 Å². The van der Waals surface area contributed by atoms with E-state index in [0.29, 0.717) is 19.1 Å². The molecule has 0 bridgehead atoms. The van der Waals surface area contributed by atoms with E-state index in [9.17, 15) is 5.11 Å². The fraction of sp³-hybridized carbons (Fsp3) is 0.818. The predicted octanol–water partition coefficient (Wildman–Crippen LogP) is 1.32. The van der Waals surface area contributed by atoms with Crippen LogP contribution in [-0.4, -0.2) is 30.7 Å². The first kappa shape index (κ1) is 10.1. The molecule has 0 radical (unpaired) electrons. The van der Waals surface area contributed by atoms with Gasteiger partial charge in [0, 0.05) is 12.5 Å². The van der Waals surface area contributed by atoms with Crippen LogP contribution in [0.5, 0.6) is 0 Å². The summed E-state index contributed by atoms with van der Waals surface area (Å²) in [7, 11) is 0. The molecule has 0 aromatic rings. The zero-order valence-corrected chi connectivity index (χ0v) is 8.77. The lowest BCUT2D eigenvalue weighted by Crippen LogP contribution is -2.25. The van der Waals surface area contributed by atoms with Crippen molar-refractivity contribution < 1.29 is 14.6 Å². The lowest BCUT2D eigenvalue weighted by atomic mass is 9.91. The Balaban J connectivity index is 2.05. The molecule has 0 aromatic carbocycles. The van der Waals surface area contributed by atoms with Gasteiger partial charge in [0.25, 0.3) is 0 Å². The summed E-state index contributed by atoms with van der Waals surface area (Å²) in [5.74, 6) is 0.652. The van der Waals surface area contributed by atoms with Crippen LogP contribution < -0.4 is 0 Å². The van der Waals surface area contributed by atoms with Gasteiger partial charge in [-0.05, 0) is 31.8 Å². The van der Waals surface area contributed by atoms with Crippen LogP contribution in [0.25, 0.3) is 0 Å². The Kier molecular flexibility index (Phi) is 2.91. The molecule has 1 fully saturated rings. The van der Waals surface area contributed by atoms with Gasteiger partial charge in [-0.3, -0.25) is 0 Å². The number of fused-ring (bicyclic) bond motifs is 1. The predicted molar refractivity (Wildman–Crippen MR) is 52.7 cm³/mol. The van der Waals surface area contributed by atoms with Crippen molar-refractivity contribution in [3.8, 4) is 0 Å². The molecule has 2 aliphatic rings. The van der Waals surface area contributed by atoms with Crippen molar-refractivity contribution >= 4 is 0 Å². The Hall–Kier alpha value is -0.380. The van der Waals surface area contributed by atoms with Crippen molar-refractivity contribution in [1.82, 2.24) is 0 Å². The molecule has 4 atom stereocenters. The lowest BCUT2D eigenvalue weighted by Gasteiger charge is -2.21. The van der Waals surface area contributed by atoms with Crippen LogP contribution in [0.1, 0.15) is 20.3 Å². The minimum Gasteiger partial charge on any atom is -0.374 e. The summed E-state index contributed by atoms with van der Waals surface area (Å²) in [5.41, 5.74) is 1.22. The van der Waals surface area contributed by atoms with E-state index in [1.807, 2.05) is 13.8 Å². The molecular formula is C11H18O3. The second-order valence-electron chi connectivity index (χ2n) is 4.05. The van der Waals surface area contributed by atoms with E-state index < -0.39 is 6.29 Å². The van der Waals surface area contributed by atoms with E-state index in [1.54, 1.807) is 0 Å². The Morgan fingerprint density at radius 1 is 1.71 bits per heavy atom. The molecule has 1 N–H and O–H groups in total. The molecular weight excluding hydrogens is 180 g/mol. The summed E-state index contributed by atoms with van der Waals surface area (Å²) in [5, 5.41) is 9.67. The first-order chi connectivity index (χ1) is 6.74. The highest BCUT2D eigenvalue weighted by Gasteiger charge is 2.42. The van der Waals surface area contributed by atoms with Gasteiger partial charge in [-0.2, -0.15) is 0 Å². The monoisotopic (exact) mass is 198 g/mol. The fourth-order valence-corrected chi connectivity index (χ4v) is 2.52. The minimum absolute atomic E-state index is 0.117. The molecule has 4 unspecified atom stereocenters. The summed E-state index contributed by atoms with van der Waals surface area (Å²) in [4.78, 5) is 0. The lowest BCUT2D eigenvalue weighted by molar-refractivity contribution is -0.0789. The van der Waals surface area contributed by atoms with Crippen molar-refractivity contribution in [3.05, 3.63) is 11.6 Å². The minimum atomic E-state index is -0.614. The van der Waals surface area contributed by atoms with Gasteiger partial charge >= 0.3 is 0 Å². The van der Waals surface area contributed by atoms with Gasteiger partial charge in [0.05, 0.1) is 12.7 Å². The van der Waals surface area contributed by atoms with Crippen LogP contribution in [0.2, 0.25) is 0 Å². The van der Waals surface area contributed by atoms with Gasteiger partial charge < -0.3 is 14.6 Å². The molecule has 1 aliphatic carbocycles. The largest absolute Gasteiger partial charge is 0.374 e. The van der Waals surface area contributed by atoms with Crippen molar-refractivity contribution in [1.29, 1.82) is 0 Å². The third-order valence-electron chi connectivity index (χ3n) is 3.22. The summed E-state index contributed by atoms with van der Waals surface area (Å²) in [6, 6.07) is 0. The van der Waals surface area contributed by atoms with Crippen molar-refractivity contribution in [2.24, 2.45) is 11.8 Å². The number of hydrogen-bond donors (Lipinski definition) is 1. The maximum Gasteiger partial charge on any atom is 0.161 e. The number of allylic oxidation sites excluding steroid dienone is 1. The molecule has 1 saturated heterocycles. The van der Waals surface area contributed by atoms with E-state index in [0.717, 1.165) is 6.42 Å². The zero-order valence-electron chi connectivity index (χ0n) is 8.77. The molecule has 2 rings (SSSR count). The summed E-state index contributed by atoms with van der Waals surface area (Å²) >= 11 is 0. The van der Waals surface area contributed by atoms with E-state index in [2.05, 4.69) is 6.08 Å². The summed E-state index contributed by atoms with van der Waals surface area (Å²) in [6.07, 6.45) is 2.73. The highest BCUT2D eigenvalue weighted by molar-refractivity contribution is 5.21. The fourth-order valence-electron chi connectivity index (χ4n) is 2.52. The van der Waals surface area contributed by atoms with Crippen molar-refractivity contribution in [2.75, 3.05) is 13.2 Å². The second-order valence-corrected chi connectivity index (χ2v) is 4.05. The number of aliphatic hydroxyl groups is 1. The normalized spacial score (nSPS) is 38.2. The molecule has 0 spiro atoms. The standard InChI is InChI=1S/C11H18O3/c1-3-13-7(2)9-5-4-8-6-14-11(12)10(8)9/h5,7-8,10-12H,3-4,6H2,1-2H3. The van der Waals surface area contributed by atoms with Gasteiger partial charge in [0.15, 0.2) is 6.29 Å². The highest BCUT2D eigenvalue weighted by atomic mass is 16.6. The maximum atomic E-state index is 9.67. The van der Waals surface area contributed by atoms with Crippen LogP contribution in [0, 0.1) is 11.8 Å². The molecule has 14 heavy (non-hydrogen) atoms. The van der Waals surface area contributed by atoms with Crippen molar-refractivity contribution in [3.63, 3.8) is 0 Å². The van der Waals surface area contributed by atoms with Gasteiger partial charge in [-0.25, -0.2) is 0 Å². The number of hydrogen-bond acceptors (Lipinski definition) is 3. The van der Waals surface area contributed by atoms with Gasteiger partial charge in [0.2, 0.25) is 0 Å². The molecule has 3 nitrogen and oxygen atoms in total. The van der Waals surface area contributed by atoms with Gasteiger partial charge in [-0.1, -0.05) is 6.08 Å². The van der Waals surface area contributed by atoms with Crippen LogP contribution in [0.4, 0.5) is 0 Å². The molecule has 80 valence electrons. The number of ether oxygens (including phenoxy) is 2. The molecule has 3 heteroatoms. The van der Waals surface area contributed by atoms with Crippen LogP contribution >= 0.6 is 0 Å². The maximum absolute atomic E-state index is 9.67. The molecule has 0 amide bonds. The Morgan fingerprint density at radius 2 is 2.50 bits per heavy atom. The first-order valence-electron chi connectivity index (χ1n) is 5.35. The van der Waals surface area contributed by atoms with E-state index in [1.165, 1.54) is 5.57 Å².